The molecular formula is C21H35NO2S. The van der Waals surface area contributed by atoms with E-state index in [4.69, 9.17) is 5.73 Å². The van der Waals surface area contributed by atoms with Crippen LogP contribution in [-0.2, 0) is 6.42 Å². The monoisotopic (exact) mass is 365 g/mol. The highest BCUT2D eigenvalue weighted by Gasteiger charge is 2.18. The van der Waals surface area contributed by atoms with Crippen LogP contribution in [0.3, 0.4) is 0 Å². The fourth-order valence-electron chi connectivity index (χ4n) is 3.64. The lowest BCUT2D eigenvalue weighted by Crippen LogP contribution is -2.40. The van der Waals surface area contributed by atoms with Gasteiger partial charge in [0.25, 0.3) is 0 Å². The van der Waals surface area contributed by atoms with Gasteiger partial charge in [-0.25, -0.2) is 0 Å². The summed E-state index contributed by atoms with van der Waals surface area (Å²) in [5.74, 6) is 1.24. The third-order valence-corrected chi connectivity index (χ3v) is 6.67. The number of hydrogen-bond donors (Lipinski definition) is 2. The third kappa shape index (κ3) is 7.59. The molecule has 0 radical (unpaired) electrons. The molecule has 1 aliphatic rings. The molecule has 0 spiro atoms. The molecule has 1 aromatic rings. The Bertz CT molecular complexity index is 518. The molecule has 25 heavy (non-hydrogen) atoms. The van der Waals surface area contributed by atoms with Crippen molar-refractivity contribution in [2.24, 2.45) is 11.7 Å². The number of rotatable bonds is 11. The first-order valence-electron chi connectivity index (χ1n) is 10.0. The van der Waals surface area contributed by atoms with Crippen LogP contribution >= 0.6 is 11.3 Å². The maximum atomic E-state index is 12.3. The van der Waals surface area contributed by atoms with E-state index in [0.717, 1.165) is 30.1 Å². The lowest BCUT2D eigenvalue weighted by molar-refractivity contribution is 0.0983. The summed E-state index contributed by atoms with van der Waals surface area (Å²) >= 11 is 1.59. The van der Waals surface area contributed by atoms with Crippen LogP contribution in [0.4, 0.5) is 0 Å². The smallest absolute Gasteiger partial charge is 0.172 e. The maximum Gasteiger partial charge on any atom is 0.172 e. The SMILES string of the molecule is CC(N)(CO)CCc1ccc(C(=O)CCCCCC2CCCCC2)s1. The van der Waals surface area contributed by atoms with E-state index < -0.39 is 5.54 Å². The average molecular weight is 366 g/mol. The number of aliphatic hydroxyl groups is 1. The molecule has 0 aliphatic heterocycles. The highest BCUT2D eigenvalue weighted by molar-refractivity contribution is 7.14. The van der Waals surface area contributed by atoms with Crippen molar-refractivity contribution in [2.75, 3.05) is 6.61 Å². The number of unbranched alkanes of at least 4 members (excludes halogenated alkanes) is 2. The molecule has 1 unspecified atom stereocenters. The summed E-state index contributed by atoms with van der Waals surface area (Å²) < 4.78 is 0. The molecule has 1 heterocycles. The van der Waals surface area contributed by atoms with Gasteiger partial charge in [-0.15, -0.1) is 11.3 Å². The second-order valence-corrected chi connectivity index (χ2v) is 9.27. The summed E-state index contributed by atoms with van der Waals surface area (Å²) in [5.41, 5.74) is 5.43. The normalized spacial score (nSPS) is 18.2. The number of ketones is 1. The summed E-state index contributed by atoms with van der Waals surface area (Å²) in [4.78, 5) is 14.4. The molecule has 142 valence electrons. The second-order valence-electron chi connectivity index (χ2n) is 8.10. The molecule has 3 N–H and O–H groups in total. The summed E-state index contributed by atoms with van der Waals surface area (Å²) in [5, 5.41) is 9.21. The molecule has 1 aromatic heterocycles. The molecule has 1 aliphatic carbocycles. The number of aryl methyl sites for hydroxylation is 1. The minimum atomic E-state index is -0.535. The van der Waals surface area contributed by atoms with Crippen molar-refractivity contribution in [2.45, 2.75) is 89.5 Å². The number of Topliss-reactive ketones (excluding diaryl/α,β-unsaturated/α-hetero) is 1. The number of carbonyl (C=O) groups is 1. The van der Waals surface area contributed by atoms with Crippen LogP contribution < -0.4 is 5.73 Å². The van der Waals surface area contributed by atoms with Crippen LogP contribution in [0.25, 0.3) is 0 Å². The van der Waals surface area contributed by atoms with Crippen LogP contribution in [0.5, 0.6) is 0 Å². The number of aliphatic hydroxyl groups excluding tert-OH is 1. The van der Waals surface area contributed by atoms with Crippen LogP contribution in [-0.4, -0.2) is 23.0 Å². The number of hydrogen-bond acceptors (Lipinski definition) is 4. The van der Waals surface area contributed by atoms with Gasteiger partial charge in [-0.3, -0.25) is 4.79 Å². The van der Waals surface area contributed by atoms with Gasteiger partial charge in [0.05, 0.1) is 11.5 Å². The minimum Gasteiger partial charge on any atom is -0.394 e. The topological polar surface area (TPSA) is 63.3 Å². The van der Waals surface area contributed by atoms with Crippen LogP contribution in [0.1, 0.15) is 92.1 Å². The zero-order valence-electron chi connectivity index (χ0n) is 15.8. The van der Waals surface area contributed by atoms with Gasteiger partial charge in [0, 0.05) is 16.8 Å². The second kappa shape index (κ2) is 10.4. The number of carbonyl (C=O) groups excluding carboxylic acids is 1. The first-order valence-corrected chi connectivity index (χ1v) is 10.8. The highest BCUT2D eigenvalue weighted by Crippen LogP contribution is 2.28. The number of thiophene rings is 1. The molecule has 1 fully saturated rings. The van der Waals surface area contributed by atoms with Gasteiger partial charge in [0.1, 0.15) is 0 Å². The van der Waals surface area contributed by atoms with E-state index in [2.05, 4.69) is 0 Å². The van der Waals surface area contributed by atoms with Crippen molar-refractivity contribution >= 4 is 17.1 Å². The molecule has 2 rings (SSSR count). The fourth-order valence-corrected chi connectivity index (χ4v) is 4.62. The Labute approximate surface area is 157 Å². The highest BCUT2D eigenvalue weighted by atomic mass is 32.1. The summed E-state index contributed by atoms with van der Waals surface area (Å²) in [6.07, 6.45) is 14.2. The zero-order chi connectivity index (χ0) is 18.1. The summed E-state index contributed by atoms with van der Waals surface area (Å²) in [6.45, 7) is 1.85. The van der Waals surface area contributed by atoms with Gasteiger partial charge in [-0.1, -0.05) is 51.4 Å². The maximum absolute atomic E-state index is 12.3. The molecular weight excluding hydrogens is 330 g/mol. The lowest BCUT2D eigenvalue weighted by atomic mass is 9.85. The molecule has 1 saturated carbocycles. The minimum absolute atomic E-state index is 0.00891. The van der Waals surface area contributed by atoms with Crippen molar-refractivity contribution in [1.29, 1.82) is 0 Å². The van der Waals surface area contributed by atoms with Gasteiger partial charge in [0.2, 0.25) is 0 Å². The standard InChI is InChI=1S/C21H35NO2S/c1-21(22,16-23)15-14-18-12-13-20(25-18)19(24)11-7-3-6-10-17-8-4-2-5-9-17/h12-13,17,23H,2-11,14-16,22H2,1H3. The van der Waals surface area contributed by atoms with Crippen LogP contribution in [0, 0.1) is 5.92 Å². The van der Waals surface area contributed by atoms with Gasteiger partial charge < -0.3 is 10.8 Å². The molecule has 3 nitrogen and oxygen atoms in total. The predicted molar refractivity (Wildman–Crippen MR) is 106 cm³/mol. The van der Waals surface area contributed by atoms with E-state index >= 15 is 0 Å². The van der Waals surface area contributed by atoms with E-state index in [1.807, 2.05) is 19.1 Å². The Kier molecular flexibility index (Phi) is 8.60. The van der Waals surface area contributed by atoms with Crippen molar-refractivity contribution in [1.82, 2.24) is 0 Å². The van der Waals surface area contributed by atoms with E-state index in [0.29, 0.717) is 6.42 Å². The Morgan fingerprint density at radius 2 is 2.00 bits per heavy atom. The van der Waals surface area contributed by atoms with Gasteiger partial charge in [0.15, 0.2) is 5.78 Å². The van der Waals surface area contributed by atoms with E-state index in [-0.39, 0.29) is 12.4 Å². The van der Waals surface area contributed by atoms with E-state index in [1.54, 1.807) is 11.3 Å². The average Bonchev–Trinajstić information content (AvgIpc) is 3.10. The molecule has 0 bridgehead atoms. The first kappa shape index (κ1) is 20.6. The molecule has 1 atom stereocenters. The zero-order valence-corrected chi connectivity index (χ0v) is 16.6. The van der Waals surface area contributed by atoms with Crippen LogP contribution in [0.2, 0.25) is 0 Å². The summed E-state index contributed by atoms with van der Waals surface area (Å²) in [7, 11) is 0. The Hall–Kier alpha value is -0.710. The summed E-state index contributed by atoms with van der Waals surface area (Å²) in [6, 6.07) is 3.99. The quantitative estimate of drug-likeness (QED) is 0.423. The first-order chi connectivity index (χ1) is 12.0. The molecule has 0 aromatic carbocycles. The van der Waals surface area contributed by atoms with Crippen molar-refractivity contribution < 1.29 is 9.90 Å². The van der Waals surface area contributed by atoms with E-state index in [1.165, 1.54) is 56.2 Å². The predicted octanol–water partition coefficient (Wildman–Crippen LogP) is 5.10. The van der Waals surface area contributed by atoms with Gasteiger partial charge >= 0.3 is 0 Å². The van der Waals surface area contributed by atoms with Gasteiger partial charge in [-0.05, 0) is 44.2 Å². The Balaban J connectivity index is 1.62. The van der Waals surface area contributed by atoms with E-state index in [9.17, 15) is 9.90 Å². The molecule has 0 amide bonds. The van der Waals surface area contributed by atoms with Crippen molar-refractivity contribution in [3.8, 4) is 0 Å². The van der Waals surface area contributed by atoms with Crippen molar-refractivity contribution in [3.63, 3.8) is 0 Å². The van der Waals surface area contributed by atoms with Gasteiger partial charge in [-0.2, -0.15) is 0 Å². The molecule has 0 saturated heterocycles. The Morgan fingerprint density at radius 3 is 2.72 bits per heavy atom. The largest absolute Gasteiger partial charge is 0.394 e. The third-order valence-electron chi connectivity index (χ3n) is 5.48. The lowest BCUT2D eigenvalue weighted by Gasteiger charge is -2.21. The Morgan fingerprint density at radius 1 is 1.24 bits per heavy atom. The molecule has 4 heteroatoms. The number of nitrogens with two attached hydrogens (primary N) is 1. The van der Waals surface area contributed by atoms with Crippen LogP contribution in [0.15, 0.2) is 12.1 Å². The fraction of sp³-hybridized carbons (Fsp3) is 0.762. The van der Waals surface area contributed by atoms with Crippen molar-refractivity contribution in [3.05, 3.63) is 21.9 Å².